The van der Waals surface area contributed by atoms with E-state index in [-0.39, 0.29) is 4.90 Å². The first kappa shape index (κ1) is 15.6. The van der Waals surface area contributed by atoms with Crippen molar-refractivity contribution in [2.75, 3.05) is 31.9 Å². The van der Waals surface area contributed by atoms with Crippen molar-refractivity contribution in [2.24, 2.45) is 0 Å². The lowest BCUT2D eigenvalue weighted by molar-refractivity contribution is 0.344. The molecule has 3 N–H and O–H groups in total. The second-order valence-corrected chi connectivity index (χ2v) is 7.24. The maximum atomic E-state index is 12.2. The van der Waals surface area contributed by atoms with E-state index in [1.807, 2.05) is 0 Å². The molecule has 0 amide bonds. The van der Waals surface area contributed by atoms with Crippen molar-refractivity contribution in [2.45, 2.75) is 24.7 Å². The number of nitrogens with two attached hydrogens (primary N) is 1. The number of nitrogens with zero attached hydrogens (tertiary/aromatic N) is 1. The summed E-state index contributed by atoms with van der Waals surface area (Å²) in [5.74, 6) is 0. The Morgan fingerprint density at radius 3 is 2.60 bits per heavy atom. The van der Waals surface area contributed by atoms with Crippen LogP contribution in [0.25, 0.3) is 0 Å². The summed E-state index contributed by atoms with van der Waals surface area (Å²) in [6.45, 7) is 4.98. The minimum absolute atomic E-state index is 0.118. The average Bonchev–Trinajstić information content (AvgIpc) is 2.88. The third-order valence-corrected chi connectivity index (χ3v) is 5.42. The number of hydrogen-bond acceptors (Lipinski definition) is 4. The highest BCUT2D eigenvalue weighted by atomic mass is 35.5. The second-order valence-electron chi connectivity index (χ2n) is 5.07. The number of halogens is 1. The van der Waals surface area contributed by atoms with Gasteiger partial charge in [-0.2, -0.15) is 0 Å². The Morgan fingerprint density at radius 1 is 1.35 bits per heavy atom. The van der Waals surface area contributed by atoms with Gasteiger partial charge in [0, 0.05) is 23.8 Å². The van der Waals surface area contributed by atoms with Crippen LogP contribution in [0.1, 0.15) is 18.4 Å². The van der Waals surface area contributed by atoms with Crippen LogP contribution in [0.5, 0.6) is 0 Å². The molecule has 0 unspecified atom stereocenters. The average molecular weight is 318 g/mol. The molecular weight excluding hydrogens is 298 g/mol. The first-order valence-corrected chi connectivity index (χ1v) is 8.54. The lowest BCUT2D eigenvalue weighted by Gasteiger charge is -2.15. The van der Waals surface area contributed by atoms with Gasteiger partial charge in [-0.05, 0) is 50.6 Å². The summed E-state index contributed by atoms with van der Waals surface area (Å²) in [5, 5.41) is 0.366. The number of nitrogen functional groups attached to an aromatic ring is 1. The van der Waals surface area contributed by atoms with Crippen LogP contribution in [-0.2, 0) is 10.0 Å². The van der Waals surface area contributed by atoms with Gasteiger partial charge in [0.15, 0.2) is 0 Å². The molecule has 2 rings (SSSR count). The maximum absolute atomic E-state index is 12.2. The normalized spacial score (nSPS) is 16.7. The molecule has 0 aromatic heterocycles. The van der Waals surface area contributed by atoms with Gasteiger partial charge in [0.25, 0.3) is 0 Å². The summed E-state index contributed by atoms with van der Waals surface area (Å²) in [6, 6.07) is 2.88. The molecule has 0 radical (unpaired) electrons. The quantitative estimate of drug-likeness (QED) is 0.809. The fourth-order valence-electron chi connectivity index (χ4n) is 2.26. The van der Waals surface area contributed by atoms with E-state index in [2.05, 4.69) is 9.62 Å². The monoisotopic (exact) mass is 317 g/mol. The Hall–Kier alpha value is -0.820. The van der Waals surface area contributed by atoms with Gasteiger partial charge in [0.1, 0.15) is 0 Å². The van der Waals surface area contributed by atoms with E-state index in [9.17, 15) is 8.42 Å². The van der Waals surface area contributed by atoms with Gasteiger partial charge in [0.05, 0.1) is 4.90 Å². The molecule has 1 saturated heterocycles. The van der Waals surface area contributed by atoms with Gasteiger partial charge in [0.2, 0.25) is 10.0 Å². The SMILES string of the molecule is Cc1c(N)cc(S(=O)(=O)NCCN2CCCC2)cc1Cl. The molecular formula is C13H20ClN3O2S. The zero-order valence-electron chi connectivity index (χ0n) is 11.5. The van der Waals surface area contributed by atoms with E-state index in [1.165, 1.54) is 25.0 Å². The molecule has 1 heterocycles. The third-order valence-electron chi connectivity index (χ3n) is 3.59. The van der Waals surface area contributed by atoms with Crippen LogP contribution in [0, 0.1) is 6.92 Å². The van der Waals surface area contributed by atoms with Crippen LogP contribution in [0.3, 0.4) is 0 Å². The molecule has 5 nitrogen and oxygen atoms in total. The first-order chi connectivity index (χ1) is 9.40. The van der Waals surface area contributed by atoms with Gasteiger partial charge in [-0.15, -0.1) is 0 Å². The minimum atomic E-state index is -3.55. The summed E-state index contributed by atoms with van der Waals surface area (Å²) < 4.78 is 26.9. The summed E-state index contributed by atoms with van der Waals surface area (Å²) in [4.78, 5) is 2.37. The largest absolute Gasteiger partial charge is 0.398 e. The molecule has 0 spiro atoms. The number of hydrogen-bond donors (Lipinski definition) is 2. The molecule has 20 heavy (non-hydrogen) atoms. The van der Waals surface area contributed by atoms with E-state index in [4.69, 9.17) is 17.3 Å². The highest BCUT2D eigenvalue weighted by Crippen LogP contribution is 2.25. The van der Waals surface area contributed by atoms with Crippen molar-refractivity contribution in [3.8, 4) is 0 Å². The fraction of sp³-hybridized carbons (Fsp3) is 0.538. The highest BCUT2D eigenvalue weighted by Gasteiger charge is 2.17. The topological polar surface area (TPSA) is 75.4 Å². The molecule has 1 aliphatic rings. The van der Waals surface area contributed by atoms with E-state index < -0.39 is 10.0 Å². The zero-order valence-corrected chi connectivity index (χ0v) is 13.1. The minimum Gasteiger partial charge on any atom is -0.398 e. The molecule has 0 bridgehead atoms. The smallest absolute Gasteiger partial charge is 0.240 e. The number of sulfonamides is 1. The Balaban J connectivity index is 2.02. The number of benzene rings is 1. The van der Waals surface area contributed by atoms with Gasteiger partial charge < -0.3 is 10.6 Å². The second kappa shape index (κ2) is 6.30. The predicted molar refractivity (Wildman–Crippen MR) is 81.5 cm³/mol. The molecule has 0 atom stereocenters. The van der Waals surface area contributed by atoms with Crippen LogP contribution >= 0.6 is 11.6 Å². The standard InChI is InChI=1S/C13H20ClN3O2S/c1-10-12(14)8-11(9-13(10)15)20(18,19)16-4-7-17-5-2-3-6-17/h8-9,16H,2-7,15H2,1H3. The number of rotatable bonds is 5. The molecule has 7 heteroatoms. The molecule has 1 aromatic carbocycles. The van der Waals surface area contributed by atoms with Crippen molar-refractivity contribution >= 4 is 27.3 Å². The molecule has 0 aliphatic carbocycles. The van der Waals surface area contributed by atoms with E-state index in [0.29, 0.717) is 22.8 Å². The van der Waals surface area contributed by atoms with Gasteiger partial charge >= 0.3 is 0 Å². The van der Waals surface area contributed by atoms with Crippen molar-refractivity contribution < 1.29 is 8.42 Å². The molecule has 0 saturated carbocycles. The van der Waals surface area contributed by atoms with Crippen LogP contribution in [0.2, 0.25) is 5.02 Å². The highest BCUT2D eigenvalue weighted by molar-refractivity contribution is 7.89. The first-order valence-electron chi connectivity index (χ1n) is 6.68. The van der Waals surface area contributed by atoms with Gasteiger partial charge in [-0.25, -0.2) is 13.1 Å². The molecule has 112 valence electrons. The Kier molecular flexibility index (Phi) is 4.90. The molecule has 1 aromatic rings. The van der Waals surface area contributed by atoms with Crippen molar-refractivity contribution in [1.82, 2.24) is 9.62 Å². The van der Waals surface area contributed by atoms with Crippen LogP contribution < -0.4 is 10.5 Å². The van der Waals surface area contributed by atoms with Crippen molar-refractivity contribution in [1.29, 1.82) is 0 Å². The fourth-order valence-corrected chi connectivity index (χ4v) is 3.63. The van der Waals surface area contributed by atoms with E-state index in [1.54, 1.807) is 6.92 Å². The maximum Gasteiger partial charge on any atom is 0.240 e. The number of anilines is 1. The molecule has 1 fully saturated rings. The number of nitrogens with one attached hydrogen (secondary N) is 1. The van der Waals surface area contributed by atoms with Crippen molar-refractivity contribution in [3.63, 3.8) is 0 Å². The lowest BCUT2D eigenvalue weighted by Crippen LogP contribution is -2.33. The summed E-state index contributed by atoms with van der Waals surface area (Å²) >= 11 is 5.98. The summed E-state index contributed by atoms with van der Waals surface area (Å²) in [5.41, 5.74) is 6.84. The Bertz CT molecular complexity index is 560. The van der Waals surface area contributed by atoms with Gasteiger partial charge in [-0.3, -0.25) is 0 Å². The van der Waals surface area contributed by atoms with Crippen molar-refractivity contribution in [3.05, 3.63) is 22.7 Å². The van der Waals surface area contributed by atoms with E-state index in [0.717, 1.165) is 19.6 Å². The van der Waals surface area contributed by atoms with Crippen LogP contribution in [0.15, 0.2) is 17.0 Å². The lowest BCUT2D eigenvalue weighted by atomic mass is 10.2. The summed E-state index contributed by atoms with van der Waals surface area (Å²) in [6.07, 6.45) is 2.38. The molecule has 1 aliphatic heterocycles. The van der Waals surface area contributed by atoms with Crippen LogP contribution in [-0.4, -0.2) is 39.5 Å². The predicted octanol–water partition coefficient (Wildman–Crippen LogP) is 1.60. The Labute approximate surface area is 125 Å². The van der Waals surface area contributed by atoms with Gasteiger partial charge in [-0.1, -0.05) is 11.6 Å². The Morgan fingerprint density at radius 2 is 2.00 bits per heavy atom. The summed E-state index contributed by atoms with van der Waals surface area (Å²) in [7, 11) is -3.55. The zero-order chi connectivity index (χ0) is 14.8. The number of likely N-dealkylation sites (tertiary alicyclic amines) is 1. The van der Waals surface area contributed by atoms with E-state index >= 15 is 0 Å². The third kappa shape index (κ3) is 3.63. The van der Waals surface area contributed by atoms with Crippen LogP contribution in [0.4, 0.5) is 5.69 Å².